The molecular formula is C18H22N2O3S. The van der Waals surface area contributed by atoms with Crippen LogP contribution in [-0.4, -0.2) is 30.8 Å². The van der Waals surface area contributed by atoms with E-state index in [1.165, 1.54) is 35.0 Å². The Morgan fingerprint density at radius 1 is 1.25 bits per heavy atom. The molecular weight excluding hydrogens is 324 g/mol. The Labute approximate surface area is 141 Å². The Balaban J connectivity index is 1.48. The van der Waals surface area contributed by atoms with Crippen molar-refractivity contribution in [3.8, 4) is 0 Å². The predicted molar refractivity (Wildman–Crippen MR) is 93.5 cm³/mol. The van der Waals surface area contributed by atoms with E-state index in [2.05, 4.69) is 22.4 Å². The Morgan fingerprint density at radius 3 is 2.88 bits per heavy atom. The lowest BCUT2D eigenvalue weighted by molar-refractivity contribution is -0.124. The molecule has 1 aromatic heterocycles. The quantitative estimate of drug-likeness (QED) is 0.893. The molecule has 0 bridgehead atoms. The van der Waals surface area contributed by atoms with E-state index in [9.17, 15) is 13.2 Å². The highest BCUT2D eigenvalue weighted by molar-refractivity contribution is 7.91. The number of aromatic amines is 1. The average molecular weight is 346 g/mol. The molecule has 1 atom stereocenters. The molecule has 2 aromatic rings. The number of hydrogen-bond donors (Lipinski definition) is 2. The number of carbonyl (C=O) groups excluding carboxylic acids is 1. The number of sulfone groups is 1. The van der Waals surface area contributed by atoms with Crippen molar-refractivity contribution in [2.75, 3.05) is 11.5 Å². The first-order valence-corrected chi connectivity index (χ1v) is 10.4. The zero-order valence-corrected chi connectivity index (χ0v) is 14.4. The number of aromatic nitrogens is 1. The molecule has 1 aromatic carbocycles. The minimum Gasteiger partial charge on any atom is -0.358 e. The molecule has 5 nitrogen and oxygen atoms in total. The summed E-state index contributed by atoms with van der Waals surface area (Å²) < 4.78 is 23.0. The molecule has 2 N–H and O–H groups in total. The van der Waals surface area contributed by atoms with Crippen LogP contribution in [0.3, 0.4) is 0 Å². The van der Waals surface area contributed by atoms with Crippen molar-refractivity contribution >= 4 is 26.6 Å². The van der Waals surface area contributed by atoms with E-state index in [0.29, 0.717) is 13.0 Å². The van der Waals surface area contributed by atoms with Gasteiger partial charge in [0.25, 0.3) is 0 Å². The number of hydrogen-bond acceptors (Lipinski definition) is 3. The number of H-pyrrole nitrogens is 1. The topological polar surface area (TPSA) is 79.0 Å². The van der Waals surface area contributed by atoms with E-state index in [1.807, 2.05) is 6.07 Å². The first-order valence-electron chi connectivity index (χ1n) is 8.62. The van der Waals surface area contributed by atoms with Crippen LogP contribution in [-0.2, 0) is 34.0 Å². The van der Waals surface area contributed by atoms with E-state index in [1.54, 1.807) is 0 Å². The molecule has 0 radical (unpaired) electrons. The summed E-state index contributed by atoms with van der Waals surface area (Å²) in [5.41, 5.74) is 5.00. The lowest BCUT2D eigenvalue weighted by atomic mass is 9.95. The number of rotatable bonds is 3. The first-order chi connectivity index (χ1) is 11.5. The number of aryl methyl sites for hydroxylation is 2. The zero-order valence-electron chi connectivity index (χ0n) is 13.6. The highest BCUT2D eigenvalue weighted by atomic mass is 32.2. The van der Waals surface area contributed by atoms with Gasteiger partial charge in [-0.2, -0.15) is 0 Å². The molecule has 1 aliphatic heterocycles. The van der Waals surface area contributed by atoms with Crippen LogP contribution in [0.25, 0.3) is 10.9 Å². The van der Waals surface area contributed by atoms with Gasteiger partial charge in [-0.05, 0) is 55.4 Å². The van der Waals surface area contributed by atoms with Crippen LogP contribution in [0.5, 0.6) is 0 Å². The summed E-state index contributed by atoms with van der Waals surface area (Å²) in [5, 5.41) is 4.17. The predicted octanol–water partition coefficient (Wildman–Crippen LogP) is 2.10. The van der Waals surface area contributed by atoms with Crippen LogP contribution in [0.2, 0.25) is 0 Å². The fourth-order valence-corrected chi connectivity index (χ4v) is 5.64. The molecule has 2 heterocycles. The van der Waals surface area contributed by atoms with E-state index in [0.717, 1.165) is 18.4 Å². The van der Waals surface area contributed by atoms with Gasteiger partial charge in [0, 0.05) is 23.1 Å². The normalized spacial score (nSPS) is 22.4. The number of benzene rings is 1. The van der Waals surface area contributed by atoms with Crippen molar-refractivity contribution in [2.24, 2.45) is 5.92 Å². The first kappa shape index (κ1) is 15.7. The van der Waals surface area contributed by atoms with Gasteiger partial charge in [-0.25, -0.2) is 8.42 Å². The fraction of sp³-hybridized carbons (Fsp3) is 0.500. The Morgan fingerprint density at radius 2 is 2.08 bits per heavy atom. The average Bonchev–Trinajstić information content (AvgIpc) is 3.12. The van der Waals surface area contributed by atoms with E-state index >= 15 is 0 Å². The molecule has 0 saturated carbocycles. The molecule has 128 valence electrons. The molecule has 0 spiro atoms. The maximum absolute atomic E-state index is 12.2. The third-order valence-electron chi connectivity index (χ3n) is 5.23. The van der Waals surface area contributed by atoms with Crippen molar-refractivity contribution in [3.63, 3.8) is 0 Å². The summed E-state index contributed by atoms with van der Waals surface area (Å²) in [4.78, 5) is 15.7. The van der Waals surface area contributed by atoms with E-state index in [-0.39, 0.29) is 17.4 Å². The van der Waals surface area contributed by atoms with Crippen molar-refractivity contribution in [1.29, 1.82) is 0 Å². The molecule has 1 saturated heterocycles. The Bertz CT molecular complexity index is 898. The molecule has 2 aliphatic rings. The zero-order chi connectivity index (χ0) is 16.7. The second-order valence-electron chi connectivity index (χ2n) is 6.99. The molecule has 4 rings (SSSR count). The SMILES string of the molecule is O=C(NCc1ccc2[nH]c3c(c2c1)CCCC3)C1CCS(=O)(=O)C1. The van der Waals surface area contributed by atoms with Crippen molar-refractivity contribution in [3.05, 3.63) is 35.0 Å². The number of fused-ring (bicyclic) bond motifs is 3. The van der Waals surface area contributed by atoms with Gasteiger partial charge in [-0.15, -0.1) is 0 Å². The third kappa shape index (κ3) is 2.95. The molecule has 1 fully saturated rings. The van der Waals surface area contributed by atoms with Crippen LogP contribution < -0.4 is 5.32 Å². The Hall–Kier alpha value is -1.82. The maximum atomic E-state index is 12.2. The number of carbonyl (C=O) groups is 1. The minimum atomic E-state index is -3.02. The highest BCUT2D eigenvalue weighted by Crippen LogP contribution is 2.29. The van der Waals surface area contributed by atoms with E-state index < -0.39 is 15.8 Å². The molecule has 6 heteroatoms. The molecule has 1 unspecified atom stereocenters. The van der Waals surface area contributed by atoms with Crippen LogP contribution in [0, 0.1) is 5.92 Å². The van der Waals surface area contributed by atoms with Gasteiger partial charge < -0.3 is 10.3 Å². The van der Waals surface area contributed by atoms with Crippen LogP contribution in [0.4, 0.5) is 0 Å². The second-order valence-corrected chi connectivity index (χ2v) is 9.22. The molecule has 1 amide bonds. The third-order valence-corrected chi connectivity index (χ3v) is 7.00. The summed E-state index contributed by atoms with van der Waals surface area (Å²) in [6.07, 6.45) is 5.15. The van der Waals surface area contributed by atoms with Gasteiger partial charge in [0.1, 0.15) is 0 Å². The molecule has 24 heavy (non-hydrogen) atoms. The summed E-state index contributed by atoms with van der Waals surface area (Å²) in [7, 11) is -3.02. The highest BCUT2D eigenvalue weighted by Gasteiger charge is 2.32. The van der Waals surface area contributed by atoms with Crippen molar-refractivity contribution in [2.45, 2.75) is 38.6 Å². The maximum Gasteiger partial charge on any atom is 0.224 e. The second kappa shape index (κ2) is 5.92. The lowest BCUT2D eigenvalue weighted by Crippen LogP contribution is -2.30. The van der Waals surface area contributed by atoms with Gasteiger partial charge in [0.2, 0.25) is 5.91 Å². The summed E-state index contributed by atoms with van der Waals surface area (Å²) >= 11 is 0. The number of amides is 1. The fourth-order valence-electron chi connectivity index (χ4n) is 3.90. The van der Waals surface area contributed by atoms with Gasteiger partial charge >= 0.3 is 0 Å². The van der Waals surface area contributed by atoms with Gasteiger partial charge in [-0.1, -0.05) is 6.07 Å². The van der Waals surface area contributed by atoms with Crippen molar-refractivity contribution < 1.29 is 13.2 Å². The van der Waals surface area contributed by atoms with E-state index in [4.69, 9.17) is 0 Å². The summed E-state index contributed by atoms with van der Waals surface area (Å²) in [6.45, 7) is 0.450. The van der Waals surface area contributed by atoms with Gasteiger partial charge in [0.05, 0.1) is 17.4 Å². The largest absolute Gasteiger partial charge is 0.358 e. The lowest BCUT2D eigenvalue weighted by Gasteiger charge is -2.11. The van der Waals surface area contributed by atoms with Crippen LogP contribution in [0.15, 0.2) is 18.2 Å². The van der Waals surface area contributed by atoms with Gasteiger partial charge in [0.15, 0.2) is 9.84 Å². The summed E-state index contributed by atoms with van der Waals surface area (Å²) in [6, 6.07) is 6.26. The monoisotopic (exact) mass is 346 g/mol. The smallest absolute Gasteiger partial charge is 0.224 e. The minimum absolute atomic E-state index is 0.0107. The van der Waals surface area contributed by atoms with Crippen LogP contribution >= 0.6 is 0 Å². The van der Waals surface area contributed by atoms with Crippen LogP contribution in [0.1, 0.15) is 36.1 Å². The standard InChI is InChI=1S/C18H22N2O3S/c21-18(13-7-8-24(22,23)11-13)19-10-12-5-6-17-15(9-12)14-3-1-2-4-16(14)20-17/h5-6,9,13,20H,1-4,7-8,10-11H2,(H,19,21). The molecule has 1 aliphatic carbocycles. The summed E-state index contributed by atoms with van der Waals surface area (Å²) in [5.74, 6) is -0.415. The number of nitrogens with one attached hydrogen (secondary N) is 2. The Kier molecular flexibility index (Phi) is 3.87. The van der Waals surface area contributed by atoms with Crippen molar-refractivity contribution in [1.82, 2.24) is 10.3 Å². The van der Waals surface area contributed by atoms with Gasteiger partial charge in [-0.3, -0.25) is 4.79 Å².